The van der Waals surface area contributed by atoms with Crippen molar-refractivity contribution >= 4 is 30.9 Å². The lowest BCUT2D eigenvalue weighted by molar-refractivity contribution is 0.102. The van der Waals surface area contributed by atoms with Crippen molar-refractivity contribution in [3.05, 3.63) is 69.8 Å². The molecule has 2 rings (SSSR count). The number of carbonyl (C=O) groups is 5. The summed E-state index contributed by atoms with van der Waals surface area (Å²) in [5, 5.41) is 0. The van der Waals surface area contributed by atoms with Gasteiger partial charge in [-0.05, 0) is 6.07 Å². The summed E-state index contributed by atoms with van der Waals surface area (Å²) < 4.78 is 0. The molecule has 2 aromatic carbocycles. The second kappa shape index (κ2) is 6.49. The van der Waals surface area contributed by atoms with Gasteiger partial charge < -0.3 is 0 Å². The highest BCUT2D eigenvalue weighted by Gasteiger charge is 2.17. The Morgan fingerprint density at radius 1 is 0.727 bits per heavy atom. The summed E-state index contributed by atoms with van der Waals surface area (Å²) in [6.07, 6.45) is 1.93. The van der Waals surface area contributed by atoms with Crippen LogP contribution in [0.15, 0.2) is 36.4 Å². The van der Waals surface area contributed by atoms with Crippen LogP contribution < -0.4 is 0 Å². The first-order valence-electron chi connectivity index (χ1n) is 6.28. The molecule has 2 aromatic rings. The molecule has 0 unspecified atom stereocenters. The van der Waals surface area contributed by atoms with Crippen molar-refractivity contribution in [3.8, 4) is 0 Å². The van der Waals surface area contributed by atoms with E-state index in [-0.39, 0.29) is 33.4 Å². The van der Waals surface area contributed by atoms with E-state index in [0.717, 1.165) is 0 Å². The lowest BCUT2D eigenvalue weighted by Gasteiger charge is -2.07. The Morgan fingerprint density at radius 3 is 2.00 bits per heavy atom. The van der Waals surface area contributed by atoms with E-state index in [1.807, 2.05) is 0 Å². The van der Waals surface area contributed by atoms with E-state index in [9.17, 15) is 24.0 Å². The lowest BCUT2D eigenvalue weighted by Crippen LogP contribution is -2.08. The van der Waals surface area contributed by atoms with Crippen LogP contribution in [-0.2, 0) is 0 Å². The van der Waals surface area contributed by atoms with Gasteiger partial charge in [-0.25, -0.2) is 0 Å². The number of aldehydes is 4. The standard InChI is InChI=1S/C17H10O5/c18-7-12-5-4-11(6-14(12)9-20)17(22)15-3-1-2-13(8-19)16(15)10-21/h1-10H. The van der Waals surface area contributed by atoms with Crippen molar-refractivity contribution in [3.63, 3.8) is 0 Å². The monoisotopic (exact) mass is 294 g/mol. The van der Waals surface area contributed by atoms with Gasteiger partial charge in [-0.15, -0.1) is 0 Å². The van der Waals surface area contributed by atoms with Crippen LogP contribution in [0, 0.1) is 0 Å². The number of ketones is 1. The Morgan fingerprint density at radius 2 is 1.41 bits per heavy atom. The molecule has 0 amide bonds. The first-order chi connectivity index (χ1) is 10.7. The van der Waals surface area contributed by atoms with Gasteiger partial charge in [0, 0.05) is 33.4 Å². The number of benzene rings is 2. The van der Waals surface area contributed by atoms with Crippen molar-refractivity contribution in [1.29, 1.82) is 0 Å². The highest BCUT2D eigenvalue weighted by atomic mass is 16.1. The highest BCUT2D eigenvalue weighted by Crippen LogP contribution is 2.18. The third-order valence-corrected chi connectivity index (χ3v) is 3.23. The van der Waals surface area contributed by atoms with E-state index in [2.05, 4.69) is 0 Å². The van der Waals surface area contributed by atoms with E-state index >= 15 is 0 Å². The van der Waals surface area contributed by atoms with E-state index < -0.39 is 5.78 Å². The van der Waals surface area contributed by atoms with Gasteiger partial charge in [0.1, 0.15) is 0 Å². The summed E-state index contributed by atoms with van der Waals surface area (Å²) in [6, 6.07) is 8.37. The molecule has 0 bridgehead atoms. The van der Waals surface area contributed by atoms with Crippen molar-refractivity contribution < 1.29 is 24.0 Å². The summed E-state index contributed by atoms with van der Waals surface area (Å²) in [4.78, 5) is 56.3. The Kier molecular flexibility index (Phi) is 4.48. The smallest absolute Gasteiger partial charge is 0.193 e. The first-order valence-corrected chi connectivity index (χ1v) is 6.28. The topological polar surface area (TPSA) is 85.3 Å². The van der Waals surface area contributed by atoms with Crippen LogP contribution in [0.5, 0.6) is 0 Å². The second-order valence-electron chi connectivity index (χ2n) is 4.45. The van der Waals surface area contributed by atoms with Crippen molar-refractivity contribution in [2.75, 3.05) is 0 Å². The third-order valence-electron chi connectivity index (χ3n) is 3.23. The minimum Gasteiger partial charge on any atom is -0.298 e. The van der Waals surface area contributed by atoms with Crippen molar-refractivity contribution in [2.24, 2.45) is 0 Å². The van der Waals surface area contributed by atoms with Gasteiger partial charge in [-0.3, -0.25) is 24.0 Å². The van der Waals surface area contributed by atoms with Crippen LogP contribution in [0.1, 0.15) is 57.4 Å². The van der Waals surface area contributed by atoms with Crippen molar-refractivity contribution in [1.82, 2.24) is 0 Å². The fraction of sp³-hybridized carbons (Fsp3) is 0. The van der Waals surface area contributed by atoms with Crippen LogP contribution in [0.3, 0.4) is 0 Å². The van der Waals surface area contributed by atoms with Crippen LogP contribution >= 0.6 is 0 Å². The number of carbonyl (C=O) groups excluding carboxylic acids is 5. The molecule has 0 N–H and O–H groups in total. The average Bonchev–Trinajstić information content (AvgIpc) is 2.59. The summed E-state index contributed by atoms with van der Waals surface area (Å²) in [5.74, 6) is -0.508. The average molecular weight is 294 g/mol. The quantitative estimate of drug-likeness (QED) is 0.602. The summed E-state index contributed by atoms with van der Waals surface area (Å²) in [5.41, 5.74) is 0.577. The minimum atomic E-state index is -0.508. The van der Waals surface area contributed by atoms with Gasteiger partial charge >= 0.3 is 0 Å². The Labute approximate surface area is 125 Å². The van der Waals surface area contributed by atoms with Crippen LogP contribution in [0.2, 0.25) is 0 Å². The first kappa shape index (κ1) is 15.2. The van der Waals surface area contributed by atoms with Gasteiger partial charge in [0.2, 0.25) is 0 Å². The van der Waals surface area contributed by atoms with E-state index in [0.29, 0.717) is 25.1 Å². The predicted octanol–water partition coefficient (Wildman–Crippen LogP) is 2.17. The zero-order chi connectivity index (χ0) is 16.1. The Bertz CT molecular complexity index is 790. The molecule has 108 valence electrons. The molecule has 0 spiro atoms. The molecule has 0 aliphatic heterocycles. The van der Waals surface area contributed by atoms with E-state index in [1.165, 1.54) is 36.4 Å². The molecule has 5 heteroatoms. The molecule has 5 nitrogen and oxygen atoms in total. The molecule has 0 saturated heterocycles. The summed E-state index contributed by atoms with van der Waals surface area (Å²) >= 11 is 0. The van der Waals surface area contributed by atoms with Gasteiger partial charge in [-0.1, -0.05) is 30.3 Å². The largest absolute Gasteiger partial charge is 0.298 e. The summed E-state index contributed by atoms with van der Waals surface area (Å²) in [7, 11) is 0. The minimum absolute atomic E-state index is 0.00498. The van der Waals surface area contributed by atoms with Gasteiger partial charge in [0.25, 0.3) is 0 Å². The molecule has 0 radical (unpaired) electrons. The SMILES string of the molecule is O=Cc1ccc(C(=O)c2cccc(C=O)c2C=O)cc1C=O. The maximum Gasteiger partial charge on any atom is 0.193 e. The fourth-order valence-electron chi connectivity index (χ4n) is 2.10. The molecule has 0 saturated carbocycles. The van der Waals surface area contributed by atoms with Crippen molar-refractivity contribution in [2.45, 2.75) is 0 Å². The molecular formula is C17H10O5. The van der Waals surface area contributed by atoms with Crippen LogP contribution in [-0.4, -0.2) is 30.9 Å². The summed E-state index contributed by atoms with van der Waals surface area (Å²) in [6.45, 7) is 0. The normalized spacial score (nSPS) is 9.82. The third kappa shape index (κ3) is 2.64. The highest BCUT2D eigenvalue weighted by molar-refractivity contribution is 6.15. The molecule has 0 atom stereocenters. The number of rotatable bonds is 6. The molecule has 0 aromatic heterocycles. The van der Waals surface area contributed by atoms with Crippen LogP contribution in [0.25, 0.3) is 0 Å². The molecule has 22 heavy (non-hydrogen) atoms. The van der Waals surface area contributed by atoms with Gasteiger partial charge in [0.15, 0.2) is 30.9 Å². The zero-order valence-electron chi connectivity index (χ0n) is 11.3. The Hall–Kier alpha value is -3.21. The molecular weight excluding hydrogens is 284 g/mol. The molecule has 0 aliphatic carbocycles. The Balaban J connectivity index is 2.58. The predicted molar refractivity (Wildman–Crippen MR) is 77.9 cm³/mol. The second-order valence-corrected chi connectivity index (χ2v) is 4.45. The maximum absolute atomic E-state index is 12.5. The fourth-order valence-corrected chi connectivity index (χ4v) is 2.10. The zero-order valence-corrected chi connectivity index (χ0v) is 11.3. The van der Waals surface area contributed by atoms with Gasteiger partial charge in [0.05, 0.1) is 0 Å². The molecule has 0 heterocycles. The molecule has 0 fully saturated rings. The van der Waals surface area contributed by atoms with E-state index in [4.69, 9.17) is 0 Å². The number of hydrogen-bond acceptors (Lipinski definition) is 5. The number of hydrogen-bond donors (Lipinski definition) is 0. The maximum atomic E-state index is 12.5. The van der Waals surface area contributed by atoms with Gasteiger partial charge in [-0.2, -0.15) is 0 Å². The van der Waals surface area contributed by atoms with E-state index in [1.54, 1.807) is 0 Å². The lowest BCUT2D eigenvalue weighted by atomic mass is 9.94. The van der Waals surface area contributed by atoms with Crippen LogP contribution in [0.4, 0.5) is 0 Å². The molecule has 0 aliphatic rings.